The van der Waals surface area contributed by atoms with Crippen LogP contribution in [0, 0.1) is 52.3 Å². The van der Waals surface area contributed by atoms with Crippen LogP contribution in [0.1, 0.15) is 98.3 Å². The minimum Gasteiger partial charge on any atom is -0.395 e. The van der Waals surface area contributed by atoms with Crippen molar-refractivity contribution in [3.05, 3.63) is 0 Å². The highest BCUT2D eigenvalue weighted by Crippen LogP contribution is 2.71. The van der Waals surface area contributed by atoms with Crippen LogP contribution in [0.5, 0.6) is 0 Å². The summed E-state index contributed by atoms with van der Waals surface area (Å²) >= 11 is 0. The van der Waals surface area contributed by atoms with Crippen LogP contribution in [-0.4, -0.2) is 90.6 Å². The lowest BCUT2D eigenvalue weighted by atomic mass is 9.44. The molecule has 8 heteroatoms. The predicted molar refractivity (Wildman–Crippen MR) is 168 cm³/mol. The van der Waals surface area contributed by atoms with E-state index < -0.39 is 0 Å². The molecule has 0 aromatic heterocycles. The van der Waals surface area contributed by atoms with E-state index in [1.165, 1.54) is 44.9 Å². The SMILES string of the molecule is C[C@@H]1CC[C@@]2(OC1)O[C@H]1C[C@H]3[C@@H]4CC[C@H]5C[C@H](NC(=O)CC(=O)N6CCN(CCO)CC6)CC[C@]5(C)[C@H]4CC[C@]3(C)[C@H]1[C@@H]2C. The molecule has 2 amide bonds. The maximum Gasteiger partial charge on any atom is 0.232 e. The maximum atomic E-state index is 13.0. The van der Waals surface area contributed by atoms with E-state index in [1.54, 1.807) is 0 Å². The fourth-order valence-electron chi connectivity index (χ4n) is 12.3. The Morgan fingerprint density at radius 1 is 0.909 bits per heavy atom. The largest absolute Gasteiger partial charge is 0.395 e. The maximum absolute atomic E-state index is 13.0. The topological polar surface area (TPSA) is 91.3 Å². The molecule has 7 fully saturated rings. The van der Waals surface area contributed by atoms with Gasteiger partial charge in [0.05, 0.1) is 19.3 Å². The van der Waals surface area contributed by atoms with Crippen molar-refractivity contribution < 1.29 is 24.2 Å². The van der Waals surface area contributed by atoms with E-state index in [4.69, 9.17) is 14.6 Å². The molecule has 7 rings (SSSR count). The lowest BCUT2D eigenvalue weighted by Gasteiger charge is -2.61. The highest BCUT2D eigenvalue weighted by Gasteiger charge is 2.69. The number of hydrogen-bond acceptors (Lipinski definition) is 6. The highest BCUT2D eigenvalue weighted by molar-refractivity contribution is 5.97. The number of nitrogens with one attached hydrogen (secondary N) is 1. The second-order valence-electron chi connectivity index (χ2n) is 16.8. The van der Waals surface area contributed by atoms with Crippen LogP contribution in [0.3, 0.4) is 0 Å². The number of carbonyl (C=O) groups is 2. The molecule has 3 aliphatic heterocycles. The van der Waals surface area contributed by atoms with Gasteiger partial charge in [-0.05, 0) is 104 Å². The number of amides is 2. The molecule has 0 aromatic carbocycles. The van der Waals surface area contributed by atoms with Crippen LogP contribution in [0.25, 0.3) is 0 Å². The van der Waals surface area contributed by atoms with Gasteiger partial charge in [-0.25, -0.2) is 0 Å². The monoisotopic (exact) mass is 613 g/mol. The Morgan fingerprint density at radius 3 is 2.41 bits per heavy atom. The molecular weight excluding hydrogens is 554 g/mol. The third kappa shape index (κ3) is 5.16. The number of fused-ring (bicyclic) bond motifs is 7. The van der Waals surface area contributed by atoms with Crippen LogP contribution in [0.15, 0.2) is 0 Å². The first-order valence-electron chi connectivity index (χ1n) is 18.3. The number of β-amino-alcohol motifs (C(OH)–C–C–N with tert-alkyl or cyclic N) is 1. The number of carbonyl (C=O) groups excluding carboxylic acids is 2. The molecule has 0 unspecified atom stereocenters. The van der Waals surface area contributed by atoms with Gasteiger partial charge in [-0.15, -0.1) is 0 Å². The van der Waals surface area contributed by atoms with Crippen LogP contribution in [-0.2, 0) is 19.1 Å². The lowest BCUT2D eigenvalue weighted by Crippen LogP contribution is -2.56. The number of rotatable bonds is 5. The molecule has 7 aliphatic rings. The molecule has 0 aromatic rings. The van der Waals surface area contributed by atoms with Gasteiger partial charge in [0.25, 0.3) is 0 Å². The summed E-state index contributed by atoms with van der Waals surface area (Å²) in [6.07, 6.45) is 12.3. The summed E-state index contributed by atoms with van der Waals surface area (Å²) in [7, 11) is 0. The summed E-state index contributed by atoms with van der Waals surface area (Å²) in [5, 5.41) is 12.4. The number of piperazine rings is 1. The number of ether oxygens (including phenoxy) is 2. The van der Waals surface area contributed by atoms with E-state index in [9.17, 15) is 9.59 Å². The smallest absolute Gasteiger partial charge is 0.232 e. The zero-order valence-electron chi connectivity index (χ0n) is 27.9. The summed E-state index contributed by atoms with van der Waals surface area (Å²) in [6.45, 7) is 14.4. The molecule has 1 spiro atoms. The van der Waals surface area contributed by atoms with Crippen molar-refractivity contribution in [3.63, 3.8) is 0 Å². The van der Waals surface area contributed by atoms with Gasteiger partial charge in [0.1, 0.15) is 6.42 Å². The first-order chi connectivity index (χ1) is 21.1. The number of aliphatic hydroxyl groups is 1. The van der Waals surface area contributed by atoms with Gasteiger partial charge in [-0.3, -0.25) is 14.5 Å². The molecule has 0 radical (unpaired) electrons. The number of hydrogen-bond donors (Lipinski definition) is 2. The van der Waals surface area contributed by atoms with Crippen LogP contribution in [0.4, 0.5) is 0 Å². The van der Waals surface area contributed by atoms with E-state index in [2.05, 4.69) is 37.9 Å². The molecule has 44 heavy (non-hydrogen) atoms. The fourth-order valence-corrected chi connectivity index (χ4v) is 12.3. The first-order valence-corrected chi connectivity index (χ1v) is 18.3. The summed E-state index contributed by atoms with van der Waals surface area (Å²) in [5.41, 5.74) is 0.705. The van der Waals surface area contributed by atoms with Gasteiger partial charge in [-0.1, -0.05) is 27.7 Å². The average Bonchev–Trinajstić information content (AvgIpc) is 3.45. The van der Waals surface area contributed by atoms with Gasteiger partial charge >= 0.3 is 0 Å². The second-order valence-corrected chi connectivity index (χ2v) is 16.8. The van der Waals surface area contributed by atoms with Crippen LogP contribution >= 0.6 is 0 Å². The quantitative estimate of drug-likeness (QED) is 0.446. The fraction of sp³-hybridized carbons (Fsp3) is 0.944. The van der Waals surface area contributed by atoms with Crippen molar-refractivity contribution in [1.82, 2.24) is 15.1 Å². The summed E-state index contributed by atoms with van der Waals surface area (Å²) in [5.74, 6) is 4.20. The Bertz CT molecular complexity index is 1090. The number of aliphatic hydroxyl groups excluding tert-OH is 1. The Balaban J connectivity index is 0.943. The van der Waals surface area contributed by atoms with Crippen molar-refractivity contribution in [2.45, 2.75) is 116 Å². The van der Waals surface area contributed by atoms with Crippen molar-refractivity contribution in [3.8, 4) is 0 Å². The average molecular weight is 614 g/mol. The molecule has 4 saturated carbocycles. The first kappa shape index (κ1) is 31.4. The minimum atomic E-state index is -0.334. The van der Waals surface area contributed by atoms with E-state index >= 15 is 0 Å². The van der Waals surface area contributed by atoms with Crippen molar-refractivity contribution in [2.75, 3.05) is 45.9 Å². The predicted octanol–water partition coefficient (Wildman–Crippen LogP) is 4.44. The van der Waals surface area contributed by atoms with Crippen molar-refractivity contribution in [1.29, 1.82) is 0 Å². The van der Waals surface area contributed by atoms with Gasteiger partial charge < -0.3 is 24.8 Å². The minimum absolute atomic E-state index is 0.0441. The van der Waals surface area contributed by atoms with E-state index in [1.807, 2.05) is 4.90 Å². The van der Waals surface area contributed by atoms with E-state index in [-0.39, 0.29) is 36.7 Å². The van der Waals surface area contributed by atoms with E-state index in [0.717, 1.165) is 56.7 Å². The summed E-state index contributed by atoms with van der Waals surface area (Å²) in [6, 6.07) is 0.190. The lowest BCUT2D eigenvalue weighted by molar-refractivity contribution is -0.273. The molecule has 248 valence electrons. The van der Waals surface area contributed by atoms with Gasteiger partial charge in [0.15, 0.2) is 5.79 Å². The zero-order chi connectivity index (χ0) is 30.9. The van der Waals surface area contributed by atoms with Crippen molar-refractivity contribution >= 4 is 11.8 Å². The molecule has 3 heterocycles. The summed E-state index contributed by atoms with van der Waals surface area (Å²) in [4.78, 5) is 29.8. The third-order valence-corrected chi connectivity index (χ3v) is 14.8. The molecule has 8 nitrogen and oxygen atoms in total. The van der Waals surface area contributed by atoms with Crippen LogP contribution < -0.4 is 5.32 Å². The molecular formula is C36H59N3O5. The zero-order valence-corrected chi connectivity index (χ0v) is 27.9. The summed E-state index contributed by atoms with van der Waals surface area (Å²) < 4.78 is 13.5. The molecule has 0 bridgehead atoms. The highest BCUT2D eigenvalue weighted by atomic mass is 16.7. The number of nitrogens with zero attached hydrogens (tertiary/aromatic N) is 2. The van der Waals surface area contributed by atoms with Crippen LogP contribution in [0.2, 0.25) is 0 Å². The second kappa shape index (κ2) is 11.8. The van der Waals surface area contributed by atoms with Gasteiger partial charge in [0.2, 0.25) is 11.8 Å². The van der Waals surface area contributed by atoms with Crippen molar-refractivity contribution in [2.24, 2.45) is 52.3 Å². The Kier molecular flexibility index (Phi) is 8.41. The molecule has 4 aliphatic carbocycles. The normalized spacial score (nSPS) is 48.8. The standard InChI is InChI=1S/C36H59N3O5/c1-23-7-12-36(43-22-23)24(2)33-30(44-36)20-29-27-6-5-25-19-26(8-10-34(25,3)28(27)9-11-35(29,33)4)37-31(41)21-32(42)39-15-13-38(14-16-39)17-18-40/h23-30,33,40H,5-22H2,1-4H3,(H,37,41)/t23-,24+,25+,26-,27-,28+,29+,30+,33+,34+,35+,36-/m1/s1. The molecule has 3 saturated heterocycles. The van der Waals surface area contributed by atoms with Gasteiger partial charge in [0, 0.05) is 51.1 Å². The van der Waals surface area contributed by atoms with E-state index in [0.29, 0.717) is 60.2 Å². The van der Waals surface area contributed by atoms with Gasteiger partial charge in [-0.2, -0.15) is 0 Å². The Labute approximate surface area is 265 Å². The molecule has 12 atom stereocenters. The third-order valence-electron chi connectivity index (χ3n) is 14.8. The Morgan fingerprint density at radius 2 is 1.68 bits per heavy atom. The molecule has 2 N–H and O–H groups in total. The Hall–Kier alpha value is -1.22.